The first-order chi connectivity index (χ1) is 31.4. The van der Waals surface area contributed by atoms with E-state index in [2.05, 4.69) is 106 Å². The number of benzene rings is 6. The van der Waals surface area contributed by atoms with Gasteiger partial charge in [0.15, 0.2) is 0 Å². The molecule has 0 fully saturated rings. The van der Waals surface area contributed by atoms with Crippen molar-refractivity contribution >= 4 is 44.6 Å². The predicted octanol–water partition coefficient (Wildman–Crippen LogP) is 15.1. The van der Waals surface area contributed by atoms with Crippen molar-refractivity contribution in [3.63, 3.8) is 0 Å². The van der Waals surface area contributed by atoms with E-state index in [1.54, 1.807) is 0 Å². The topological polar surface area (TPSA) is 33.5 Å². The van der Waals surface area contributed by atoms with Crippen molar-refractivity contribution in [2.75, 3.05) is 16.5 Å². The summed E-state index contributed by atoms with van der Waals surface area (Å²) >= 11 is 0. The SMILES string of the molecule is [2H]c1c([2H])c(-c2cnc(-n3c4ccccc4c4ccc(Oc5cccc(N6CN(c7cc(C(C)(C)C)cc(C(C)(C)C)c7)c7ccccc76)c5)cc43)cc2C([2H])([2H])[2H])c([2H])c(C(C)(C)C)c1[2H]. The Bertz CT molecular complexity index is 3230. The zero-order valence-corrected chi connectivity index (χ0v) is 36.0. The molecule has 0 spiro atoms. The number of hydrogen-bond acceptors (Lipinski definition) is 4. The number of nitrogens with zero attached hydrogens (tertiary/aromatic N) is 4. The van der Waals surface area contributed by atoms with Crippen molar-refractivity contribution in [2.24, 2.45) is 0 Å². The molecular weight excluding hydrogens is 733 g/mol. The molecule has 0 unspecified atom stereocenters. The van der Waals surface area contributed by atoms with Gasteiger partial charge in [-0.15, -0.1) is 0 Å². The van der Waals surface area contributed by atoms with Crippen LogP contribution < -0.4 is 14.5 Å². The van der Waals surface area contributed by atoms with Crippen molar-refractivity contribution in [1.29, 1.82) is 0 Å². The number of aromatic nitrogens is 2. The first-order valence-corrected chi connectivity index (χ1v) is 20.6. The fourth-order valence-electron chi connectivity index (χ4n) is 8.02. The van der Waals surface area contributed by atoms with Gasteiger partial charge in [-0.2, -0.15) is 0 Å². The standard InChI is InChI=1S/C55H56N4O/c1-36-27-52(56-34-47(36)37-17-15-18-38(28-37)53(2,3)4)59-48-22-12-11-21-45(48)46-26-25-44(33-51(46)59)60-43-20-16-19-41(32-43)57-35-58(50-24-14-13-23-49(50)57)42-30-39(54(5,6)7)29-40(31-42)55(8,9)10/h11-34H,35H2,1-10H3/i1D3,15D,17D,18D,28D. The number of ether oxygens (including phenoxy) is 1. The Balaban J connectivity index is 1.11. The van der Waals surface area contributed by atoms with Crippen molar-refractivity contribution in [2.45, 2.75) is 85.4 Å². The van der Waals surface area contributed by atoms with E-state index in [0.29, 0.717) is 24.0 Å². The summed E-state index contributed by atoms with van der Waals surface area (Å²) in [7, 11) is 0. The van der Waals surface area contributed by atoms with Gasteiger partial charge in [-0.25, -0.2) is 4.98 Å². The fourth-order valence-corrected chi connectivity index (χ4v) is 8.02. The Hall–Kier alpha value is -6.33. The molecule has 0 atom stereocenters. The molecule has 0 amide bonds. The summed E-state index contributed by atoms with van der Waals surface area (Å²) in [5.41, 5.74) is 7.94. The Morgan fingerprint density at radius 2 is 1.25 bits per heavy atom. The number of hydrogen-bond donors (Lipinski definition) is 0. The van der Waals surface area contributed by atoms with Crippen LogP contribution in [0.3, 0.4) is 0 Å². The molecule has 302 valence electrons. The van der Waals surface area contributed by atoms with Crippen LogP contribution in [0.4, 0.5) is 22.7 Å². The molecule has 1 aliphatic heterocycles. The zero-order valence-electron chi connectivity index (χ0n) is 43.0. The van der Waals surface area contributed by atoms with E-state index >= 15 is 0 Å². The zero-order chi connectivity index (χ0) is 48.1. The lowest BCUT2D eigenvalue weighted by Gasteiger charge is -2.29. The molecule has 5 nitrogen and oxygen atoms in total. The number of anilines is 4. The summed E-state index contributed by atoms with van der Waals surface area (Å²) in [6.45, 7) is 17.0. The van der Waals surface area contributed by atoms with E-state index in [1.807, 2.05) is 79.9 Å². The number of rotatable bonds is 6. The molecule has 6 aromatic carbocycles. The van der Waals surface area contributed by atoms with Gasteiger partial charge in [0.05, 0.1) is 27.9 Å². The number of aryl methyl sites for hydroxylation is 1. The Morgan fingerprint density at radius 1 is 0.600 bits per heavy atom. The molecule has 0 aliphatic carbocycles. The molecule has 9 rings (SSSR count). The summed E-state index contributed by atoms with van der Waals surface area (Å²) in [6.07, 6.45) is 1.40. The van der Waals surface area contributed by atoms with Gasteiger partial charge in [0.25, 0.3) is 0 Å². The molecule has 0 saturated carbocycles. The molecule has 0 saturated heterocycles. The normalized spacial score (nSPS) is 15.2. The summed E-state index contributed by atoms with van der Waals surface area (Å²) in [5, 5.41) is 1.85. The second-order valence-electron chi connectivity index (χ2n) is 19.0. The minimum absolute atomic E-state index is 0.0224. The Kier molecular flexibility index (Phi) is 7.60. The minimum atomic E-state index is -2.67. The summed E-state index contributed by atoms with van der Waals surface area (Å²) in [6, 6.07) is 37.7. The second kappa shape index (κ2) is 14.4. The third-order valence-electron chi connectivity index (χ3n) is 11.5. The van der Waals surface area contributed by atoms with Gasteiger partial charge in [-0.05, 0) is 112 Å². The van der Waals surface area contributed by atoms with Crippen LogP contribution in [0.25, 0.3) is 38.8 Å². The second-order valence-corrected chi connectivity index (χ2v) is 19.0. The van der Waals surface area contributed by atoms with Crippen LogP contribution in [0.5, 0.6) is 11.5 Å². The lowest BCUT2D eigenvalue weighted by atomic mass is 9.80. The first kappa shape index (κ1) is 31.6. The number of pyridine rings is 1. The monoisotopic (exact) mass is 795 g/mol. The third kappa shape index (κ3) is 7.21. The average molecular weight is 796 g/mol. The smallest absolute Gasteiger partial charge is 0.137 e. The van der Waals surface area contributed by atoms with E-state index in [-0.39, 0.29) is 57.3 Å². The highest BCUT2D eigenvalue weighted by atomic mass is 16.5. The lowest BCUT2D eigenvalue weighted by Crippen LogP contribution is -2.25. The van der Waals surface area contributed by atoms with Crippen LogP contribution in [0.1, 0.15) is 94.2 Å². The first-order valence-electron chi connectivity index (χ1n) is 24.1. The van der Waals surface area contributed by atoms with E-state index in [9.17, 15) is 1.37 Å². The highest BCUT2D eigenvalue weighted by Crippen LogP contribution is 2.46. The van der Waals surface area contributed by atoms with Crippen LogP contribution in [-0.2, 0) is 16.2 Å². The lowest BCUT2D eigenvalue weighted by molar-refractivity contribution is 0.483. The third-order valence-corrected chi connectivity index (χ3v) is 11.5. The molecule has 0 N–H and O–H groups in total. The molecule has 8 aromatic rings. The molecular formula is C55H56N4O. The van der Waals surface area contributed by atoms with Gasteiger partial charge in [-0.3, -0.25) is 4.57 Å². The molecule has 1 aliphatic rings. The Labute approximate surface area is 365 Å². The molecule has 0 bridgehead atoms. The van der Waals surface area contributed by atoms with E-state index < -0.39 is 12.3 Å². The van der Waals surface area contributed by atoms with Gasteiger partial charge < -0.3 is 14.5 Å². The largest absolute Gasteiger partial charge is 0.457 e. The van der Waals surface area contributed by atoms with Crippen molar-refractivity contribution < 1.29 is 14.3 Å². The van der Waals surface area contributed by atoms with Gasteiger partial charge in [0, 0.05) is 50.2 Å². The van der Waals surface area contributed by atoms with E-state index in [4.69, 9.17) is 17.9 Å². The quantitative estimate of drug-likeness (QED) is 0.168. The molecule has 0 radical (unpaired) electrons. The molecule has 3 heterocycles. The van der Waals surface area contributed by atoms with Crippen LogP contribution in [0.15, 0.2) is 146 Å². The fraction of sp³-hybridized carbons (Fsp3) is 0.255. The van der Waals surface area contributed by atoms with Gasteiger partial charge in [0.2, 0.25) is 0 Å². The molecule has 2 aromatic heterocycles. The maximum atomic E-state index is 9.17. The maximum Gasteiger partial charge on any atom is 0.137 e. The Morgan fingerprint density at radius 3 is 1.95 bits per heavy atom. The van der Waals surface area contributed by atoms with E-state index in [0.717, 1.165) is 44.6 Å². The van der Waals surface area contributed by atoms with Gasteiger partial charge >= 0.3 is 0 Å². The van der Waals surface area contributed by atoms with Crippen LogP contribution >= 0.6 is 0 Å². The van der Waals surface area contributed by atoms with Gasteiger partial charge in [0.1, 0.15) is 24.0 Å². The van der Waals surface area contributed by atoms with Crippen LogP contribution in [0.2, 0.25) is 0 Å². The summed E-state index contributed by atoms with van der Waals surface area (Å²) in [5.74, 6) is 1.55. The summed E-state index contributed by atoms with van der Waals surface area (Å²) in [4.78, 5) is 9.53. The maximum absolute atomic E-state index is 9.17. The minimum Gasteiger partial charge on any atom is -0.457 e. The highest BCUT2D eigenvalue weighted by Gasteiger charge is 2.30. The van der Waals surface area contributed by atoms with Crippen molar-refractivity contribution in [3.05, 3.63) is 168 Å². The van der Waals surface area contributed by atoms with Crippen LogP contribution in [-0.4, -0.2) is 16.2 Å². The summed E-state index contributed by atoms with van der Waals surface area (Å²) < 4.78 is 70.0. The number of fused-ring (bicyclic) bond motifs is 4. The predicted molar refractivity (Wildman–Crippen MR) is 253 cm³/mol. The van der Waals surface area contributed by atoms with Crippen molar-refractivity contribution in [1.82, 2.24) is 9.55 Å². The molecule has 60 heavy (non-hydrogen) atoms. The molecule has 5 heteroatoms. The van der Waals surface area contributed by atoms with Crippen LogP contribution in [0, 0.1) is 6.85 Å². The average Bonchev–Trinajstić information content (AvgIpc) is 3.80. The van der Waals surface area contributed by atoms with Crippen molar-refractivity contribution in [3.8, 4) is 28.4 Å². The number of para-hydroxylation sites is 3. The van der Waals surface area contributed by atoms with Gasteiger partial charge in [-0.1, -0.05) is 129 Å². The highest BCUT2D eigenvalue weighted by molar-refractivity contribution is 6.09. The van der Waals surface area contributed by atoms with E-state index in [1.165, 1.54) is 23.4 Å².